The van der Waals surface area contributed by atoms with E-state index in [4.69, 9.17) is 27.9 Å². The normalized spacial score (nSPS) is 11.7. The fourth-order valence-corrected chi connectivity index (χ4v) is 4.71. The second kappa shape index (κ2) is 8.80. The van der Waals surface area contributed by atoms with Crippen molar-refractivity contribution >= 4 is 38.9 Å². The zero-order valence-corrected chi connectivity index (χ0v) is 18.6. The molecule has 4 aromatic rings. The van der Waals surface area contributed by atoms with Crippen LogP contribution in [0.4, 0.5) is 0 Å². The molecule has 0 saturated heterocycles. The summed E-state index contributed by atoms with van der Waals surface area (Å²) in [5.74, 6) is 0.888. The van der Waals surface area contributed by atoms with Crippen LogP contribution in [0.1, 0.15) is 5.56 Å². The van der Waals surface area contributed by atoms with Crippen molar-refractivity contribution in [3.8, 4) is 17.3 Å². The number of rotatable bonds is 7. The smallest absolute Gasteiger partial charge is 0.242 e. The number of aryl methyl sites for hydroxylation is 1. The lowest BCUT2D eigenvalue weighted by Gasteiger charge is -2.11. The summed E-state index contributed by atoms with van der Waals surface area (Å²) in [5.41, 5.74) is 2.05. The monoisotopic (exact) mass is 477 g/mol. The van der Waals surface area contributed by atoms with Gasteiger partial charge in [-0.15, -0.1) is 15.3 Å². The van der Waals surface area contributed by atoms with Gasteiger partial charge in [0.25, 0.3) is 0 Å². The van der Waals surface area contributed by atoms with Crippen LogP contribution >= 0.6 is 23.2 Å². The van der Waals surface area contributed by atoms with E-state index >= 15 is 0 Å². The number of fused-ring (bicyclic) bond motifs is 1. The summed E-state index contributed by atoms with van der Waals surface area (Å²) >= 11 is 12.0. The van der Waals surface area contributed by atoms with Crippen LogP contribution in [0.5, 0.6) is 5.88 Å². The molecule has 160 valence electrons. The first-order valence-electron chi connectivity index (χ1n) is 9.21. The Morgan fingerprint density at radius 3 is 2.58 bits per heavy atom. The third kappa shape index (κ3) is 4.64. The summed E-state index contributed by atoms with van der Waals surface area (Å²) in [7, 11) is -3.82. The minimum Gasteiger partial charge on any atom is -0.475 e. The van der Waals surface area contributed by atoms with E-state index in [1.54, 1.807) is 23.6 Å². The van der Waals surface area contributed by atoms with Crippen LogP contribution in [-0.4, -0.2) is 41.4 Å². The average molecular weight is 478 g/mol. The van der Waals surface area contributed by atoms with E-state index in [0.29, 0.717) is 27.9 Å². The molecule has 11 heteroatoms. The zero-order valence-electron chi connectivity index (χ0n) is 16.3. The molecule has 0 spiro atoms. The van der Waals surface area contributed by atoms with Gasteiger partial charge in [0, 0.05) is 23.2 Å². The molecule has 0 atom stereocenters. The topological polar surface area (TPSA) is 98.5 Å². The molecule has 8 nitrogen and oxygen atoms in total. The second-order valence-electron chi connectivity index (χ2n) is 6.61. The number of halogens is 2. The summed E-state index contributed by atoms with van der Waals surface area (Å²) in [5, 5.41) is 13.1. The highest BCUT2D eigenvalue weighted by atomic mass is 35.5. The maximum absolute atomic E-state index is 12.5. The van der Waals surface area contributed by atoms with Gasteiger partial charge >= 0.3 is 0 Å². The van der Waals surface area contributed by atoms with Gasteiger partial charge in [-0.2, -0.15) is 4.52 Å². The molecule has 0 unspecified atom stereocenters. The first kappa shape index (κ1) is 21.5. The Labute approximate surface area is 188 Å². The van der Waals surface area contributed by atoms with Crippen LogP contribution < -0.4 is 9.46 Å². The molecule has 31 heavy (non-hydrogen) atoms. The predicted octanol–water partition coefficient (Wildman–Crippen LogP) is 3.76. The molecule has 2 aromatic heterocycles. The molecule has 0 fully saturated rings. The Bertz CT molecular complexity index is 1340. The van der Waals surface area contributed by atoms with Crippen molar-refractivity contribution in [3.63, 3.8) is 0 Å². The zero-order chi connectivity index (χ0) is 22.0. The van der Waals surface area contributed by atoms with Crippen molar-refractivity contribution in [2.45, 2.75) is 11.8 Å². The maximum atomic E-state index is 12.5. The van der Waals surface area contributed by atoms with Gasteiger partial charge in [0.05, 0.1) is 5.02 Å². The Hall–Kier alpha value is -2.72. The Morgan fingerprint density at radius 2 is 1.81 bits per heavy atom. The van der Waals surface area contributed by atoms with Crippen molar-refractivity contribution in [1.29, 1.82) is 0 Å². The third-order valence-corrected chi connectivity index (χ3v) is 6.75. The van der Waals surface area contributed by atoms with Gasteiger partial charge in [-0.1, -0.05) is 53.5 Å². The predicted molar refractivity (Wildman–Crippen MR) is 118 cm³/mol. The maximum Gasteiger partial charge on any atom is 0.242 e. The first-order valence-corrected chi connectivity index (χ1v) is 11.4. The van der Waals surface area contributed by atoms with Crippen LogP contribution in [0.15, 0.2) is 59.5 Å². The number of nitrogens with zero attached hydrogens (tertiary/aromatic N) is 4. The van der Waals surface area contributed by atoms with Crippen LogP contribution in [-0.2, 0) is 10.0 Å². The van der Waals surface area contributed by atoms with E-state index in [1.807, 2.05) is 30.3 Å². The number of benzene rings is 2. The largest absolute Gasteiger partial charge is 0.475 e. The molecule has 2 heterocycles. The van der Waals surface area contributed by atoms with Crippen LogP contribution in [0, 0.1) is 6.92 Å². The van der Waals surface area contributed by atoms with Crippen molar-refractivity contribution in [2.24, 2.45) is 0 Å². The quantitative estimate of drug-likeness (QED) is 0.406. The first-order chi connectivity index (χ1) is 14.8. The lowest BCUT2D eigenvalue weighted by atomic mass is 10.2. The summed E-state index contributed by atoms with van der Waals surface area (Å²) in [6.45, 7) is 1.79. The fraction of sp³-hybridized carbons (Fsp3) is 0.150. The molecule has 1 N–H and O–H groups in total. The Kier molecular flexibility index (Phi) is 6.10. The molecule has 0 bridgehead atoms. The van der Waals surface area contributed by atoms with E-state index in [0.717, 1.165) is 5.56 Å². The Balaban J connectivity index is 1.44. The van der Waals surface area contributed by atoms with Crippen molar-refractivity contribution in [3.05, 3.63) is 70.2 Å². The minimum absolute atomic E-state index is 0.0216. The van der Waals surface area contributed by atoms with Gasteiger partial charge in [0.1, 0.15) is 11.5 Å². The molecule has 2 aromatic carbocycles. The van der Waals surface area contributed by atoms with Gasteiger partial charge in [0.15, 0.2) is 11.5 Å². The summed E-state index contributed by atoms with van der Waals surface area (Å²) < 4.78 is 34.7. The molecule has 0 saturated carbocycles. The molecule has 0 radical (unpaired) electrons. The summed E-state index contributed by atoms with van der Waals surface area (Å²) in [6, 6.07) is 15.7. The standard InChI is InChI=1S/C20H17Cl2N5O3S/c1-13-11-17(16(22)12-15(13)21)31(28,29)23-9-10-30-19-8-7-18-24-25-20(27(18)26-19)14-5-3-2-4-6-14/h2-8,11-12,23H,9-10H2,1H3. The number of aromatic nitrogens is 4. The van der Waals surface area contributed by atoms with Crippen molar-refractivity contribution in [1.82, 2.24) is 24.5 Å². The Morgan fingerprint density at radius 1 is 1.03 bits per heavy atom. The number of hydrogen-bond acceptors (Lipinski definition) is 6. The average Bonchev–Trinajstić information content (AvgIpc) is 3.17. The van der Waals surface area contributed by atoms with Crippen LogP contribution in [0.2, 0.25) is 10.0 Å². The number of sulfonamides is 1. The molecule has 0 aliphatic heterocycles. The van der Waals surface area contributed by atoms with E-state index < -0.39 is 10.0 Å². The number of ether oxygens (including phenoxy) is 1. The molecule has 0 amide bonds. The lowest BCUT2D eigenvalue weighted by Crippen LogP contribution is -2.28. The highest BCUT2D eigenvalue weighted by molar-refractivity contribution is 7.89. The van der Waals surface area contributed by atoms with Gasteiger partial charge in [-0.25, -0.2) is 13.1 Å². The van der Waals surface area contributed by atoms with Crippen LogP contribution in [0.3, 0.4) is 0 Å². The molecular formula is C20H17Cl2N5O3S. The molecule has 0 aliphatic carbocycles. The molecule has 0 aliphatic rings. The van der Waals surface area contributed by atoms with Crippen molar-refractivity contribution < 1.29 is 13.2 Å². The van der Waals surface area contributed by atoms with Gasteiger partial charge in [-0.05, 0) is 30.7 Å². The summed E-state index contributed by atoms with van der Waals surface area (Å²) in [4.78, 5) is -0.0346. The minimum atomic E-state index is -3.82. The van der Waals surface area contributed by atoms with Crippen molar-refractivity contribution in [2.75, 3.05) is 13.2 Å². The SMILES string of the molecule is Cc1cc(S(=O)(=O)NCCOc2ccc3nnc(-c4ccccc4)n3n2)c(Cl)cc1Cl. The summed E-state index contributed by atoms with van der Waals surface area (Å²) in [6.07, 6.45) is 0. The van der Waals surface area contributed by atoms with E-state index in [2.05, 4.69) is 20.0 Å². The van der Waals surface area contributed by atoms with Crippen LogP contribution in [0.25, 0.3) is 17.0 Å². The second-order valence-corrected chi connectivity index (χ2v) is 9.16. The van der Waals surface area contributed by atoms with Gasteiger partial charge in [0.2, 0.25) is 15.9 Å². The number of hydrogen-bond donors (Lipinski definition) is 1. The third-order valence-electron chi connectivity index (χ3n) is 4.42. The van der Waals surface area contributed by atoms with E-state index in [-0.39, 0.29) is 23.1 Å². The highest BCUT2D eigenvalue weighted by Crippen LogP contribution is 2.28. The molecular weight excluding hydrogens is 461 g/mol. The fourth-order valence-electron chi connectivity index (χ4n) is 2.86. The lowest BCUT2D eigenvalue weighted by molar-refractivity contribution is 0.306. The van der Waals surface area contributed by atoms with Gasteiger partial charge < -0.3 is 4.74 Å². The number of nitrogens with one attached hydrogen (secondary N) is 1. The van der Waals surface area contributed by atoms with E-state index in [1.165, 1.54) is 12.1 Å². The van der Waals surface area contributed by atoms with E-state index in [9.17, 15) is 8.42 Å². The molecule has 4 rings (SSSR count). The highest BCUT2D eigenvalue weighted by Gasteiger charge is 2.19. The van der Waals surface area contributed by atoms with Gasteiger partial charge in [-0.3, -0.25) is 0 Å².